The van der Waals surface area contributed by atoms with E-state index in [-0.39, 0.29) is 0 Å². The van der Waals surface area contributed by atoms with Crippen LogP contribution in [0, 0.1) is 5.41 Å². The first-order valence-corrected chi connectivity index (χ1v) is 9.92. The molecule has 29 heavy (non-hydrogen) atoms. The number of piperidine rings is 1. The predicted octanol–water partition coefficient (Wildman–Crippen LogP) is 3.10. The van der Waals surface area contributed by atoms with Crippen molar-refractivity contribution in [2.24, 2.45) is 0 Å². The molecule has 7 heteroatoms. The van der Waals surface area contributed by atoms with E-state index in [1.165, 1.54) is 0 Å². The molecule has 2 aromatic heterocycles. The summed E-state index contributed by atoms with van der Waals surface area (Å²) in [7, 11) is 0. The van der Waals surface area contributed by atoms with Gasteiger partial charge in [0.2, 0.25) is 0 Å². The summed E-state index contributed by atoms with van der Waals surface area (Å²) in [4.78, 5) is 6.18. The summed E-state index contributed by atoms with van der Waals surface area (Å²) in [6.07, 6.45) is 5.08. The molecule has 7 nitrogen and oxygen atoms in total. The van der Waals surface area contributed by atoms with E-state index in [0.717, 1.165) is 42.9 Å². The van der Waals surface area contributed by atoms with E-state index in [4.69, 9.17) is 20.0 Å². The average Bonchev–Trinajstić information content (AvgIpc) is 3.43. The fraction of sp³-hybridized carbons (Fsp3) is 0.318. The Bertz CT molecular complexity index is 930. The van der Waals surface area contributed by atoms with Gasteiger partial charge in [-0.3, -0.25) is 10.4 Å². The summed E-state index contributed by atoms with van der Waals surface area (Å²) >= 11 is 0. The molecule has 0 atom stereocenters. The number of nitrogens with one attached hydrogen (secondary N) is 1. The Balaban J connectivity index is 1.45. The van der Waals surface area contributed by atoms with Gasteiger partial charge in [-0.15, -0.1) is 0 Å². The molecular weight excluding hydrogens is 366 g/mol. The topological polar surface area (TPSA) is 76.3 Å². The highest BCUT2D eigenvalue weighted by atomic mass is 16.7. The molecule has 0 amide bonds. The molecule has 0 saturated carbocycles. The van der Waals surface area contributed by atoms with Crippen LogP contribution < -0.4 is 0 Å². The van der Waals surface area contributed by atoms with E-state index < -0.39 is 5.79 Å². The van der Waals surface area contributed by atoms with E-state index in [1.54, 1.807) is 12.4 Å². The van der Waals surface area contributed by atoms with E-state index in [2.05, 4.69) is 9.88 Å². The largest absolute Gasteiger partial charge is 0.355 e. The molecule has 0 bridgehead atoms. The first kappa shape index (κ1) is 18.0. The van der Waals surface area contributed by atoms with Gasteiger partial charge in [0.25, 0.3) is 0 Å². The third-order valence-electron chi connectivity index (χ3n) is 5.58. The SMILES string of the molecule is N=C(c1cc(-c2ccncc2)n(-c2ccccc2)n1)N1CCC2(CC1)OCCO2. The Morgan fingerprint density at radius 2 is 1.66 bits per heavy atom. The maximum atomic E-state index is 8.77. The molecule has 1 N–H and O–H groups in total. The van der Waals surface area contributed by atoms with E-state index >= 15 is 0 Å². The lowest BCUT2D eigenvalue weighted by atomic mass is 10.0. The molecule has 5 rings (SSSR count). The zero-order valence-corrected chi connectivity index (χ0v) is 16.1. The summed E-state index contributed by atoms with van der Waals surface area (Å²) in [6, 6.07) is 15.9. The van der Waals surface area contributed by atoms with Crippen LogP contribution in [0.3, 0.4) is 0 Å². The number of amidine groups is 1. The fourth-order valence-corrected chi connectivity index (χ4v) is 4.01. The quantitative estimate of drug-likeness (QED) is 0.550. The van der Waals surface area contributed by atoms with Crippen molar-refractivity contribution < 1.29 is 9.47 Å². The number of rotatable bonds is 3. The molecule has 1 aromatic carbocycles. The molecule has 148 valence electrons. The van der Waals surface area contributed by atoms with Crippen molar-refractivity contribution in [3.63, 3.8) is 0 Å². The summed E-state index contributed by atoms with van der Waals surface area (Å²) < 4.78 is 13.5. The Morgan fingerprint density at radius 3 is 2.34 bits per heavy atom. The van der Waals surface area contributed by atoms with E-state index in [9.17, 15) is 0 Å². The minimum atomic E-state index is -0.442. The lowest BCUT2D eigenvalue weighted by Gasteiger charge is -2.38. The minimum absolute atomic E-state index is 0.433. The normalized spacial score (nSPS) is 18.3. The highest BCUT2D eigenvalue weighted by Crippen LogP contribution is 2.32. The number of ether oxygens (including phenoxy) is 2. The number of hydrogen-bond donors (Lipinski definition) is 1. The molecule has 0 radical (unpaired) electrons. The maximum Gasteiger partial charge on any atom is 0.171 e. The molecule has 0 unspecified atom stereocenters. The molecular formula is C22H23N5O2. The number of likely N-dealkylation sites (tertiary alicyclic amines) is 1. The van der Waals surface area contributed by atoms with Gasteiger partial charge in [0.15, 0.2) is 5.79 Å². The molecule has 4 heterocycles. The van der Waals surface area contributed by atoms with Gasteiger partial charge in [-0.1, -0.05) is 18.2 Å². The van der Waals surface area contributed by atoms with Crippen molar-refractivity contribution in [3.8, 4) is 16.9 Å². The second kappa shape index (κ2) is 7.42. The molecule has 3 aromatic rings. The molecule has 0 aliphatic carbocycles. The predicted molar refractivity (Wildman–Crippen MR) is 109 cm³/mol. The van der Waals surface area contributed by atoms with Crippen LogP contribution in [0.5, 0.6) is 0 Å². The van der Waals surface area contributed by atoms with E-state index in [1.807, 2.05) is 53.2 Å². The molecule has 2 aliphatic rings. The molecule has 2 aliphatic heterocycles. The Morgan fingerprint density at radius 1 is 0.966 bits per heavy atom. The number of nitrogens with zero attached hydrogens (tertiary/aromatic N) is 4. The number of benzene rings is 1. The van der Waals surface area contributed by atoms with Crippen LogP contribution in [0.4, 0.5) is 0 Å². The number of aromatic nitrogens is 3. The smallest absolute Gasteiger partial charge is 0.171 e. The van der Waals surface area contributed by atoms with Gasteiger partial charge in [-0.05, 0) is 30.3 Å². The number of para-hydroxylation sites is 1. The van der Waals surface area contributed by atoms with Gasteiger partial charge in [0, 0.05) is 43.9 Å². The van der Waals surface area contributed by atoms with Crippen LogP contribution in [-0.2, 0) is 9.47 Å². The molecule has 2 fully saturated rings. The number of hydrogen-bond acceptors (Lipinski definition) is 5. The monoisotopic (exact) mass is 389 g/mol. The van der Waals surface area contributed by atoms with Crippen LogP contribution in [0.25, 0.3) is 16.9 Å². The van der Waals surface area contributed by atoms with Crippen molar-refractivity contribution in [3.05, 3.63) is 66.6 Å². The van der Waals surface area contributed by atoms with Crippen LogP contribution in [0.1, 0.15) is 18.5 Å². The summed E-state index contributed by atoms with van der Waals surface area (Å²) in [5.41, 5.74) is 3.57. The highest BCUT2D eigenvalue weighted by molar-refractivity contribution is 5.95. The third kappa shape index (κ3) is 3.43. The second-order valence-corrected chi connectivity index (χ2v) is 7.34. The summed E-state index contributed by atoms with van der Waals surface area (Å²) in [5.74, 6) is -0.00891. The van der Waals surface area contributed by atoms with Crippen molar-refractivity contribution in [2.45, 2.75) is 18.6 Å². The Kier molecular flexibility index (Phi) is 4.61. The number of pyridine rings is 1. The first-order valence-electron chi connectivity index (χ1n) is 9.92. The van der Waals surface area contributed by atoms with Crippen LogP contribution in [0.2, 0.25) is 0 Å². The maximum absolute atomic E-state index is 8.77. The third-order valence-corrected chi connectivity index (χ3v) is 5.58. The highest BCUT2D eigenvalue weighted by Gasteiger charge is 2.40. The molecule has 2 saturated heterocycles. The molecule has 1 spiro atoms. The van der Waals surface area contributed by atoms with Crippen molar-refractivity contribution >= 4 is 5.84 Å². The summed E-state index contributed by atoms with van der Waals surface area (Å²) in [6.45, 7) is 2.77. The van der Waals surface area contributed by atoms with Crippen LogP contribution >= 0.6 is 0 Å². The Hall–Kier alpha value is -3.03. The van der Waals surface area contributed by atoms with Crippen LogP contribution in [0.15, 0.2) is 60.9 Å². The minimum Gasteiger partial charge on any atom is -0.355 e. The van der Waals surface area contributed by atoms with Gasteiger partial charge < -0.3 is 14.4 Å². The zero-order valence-electron chi connectivity index (χ0n) is 16.1. The second-order valence-electron chi connectivity index (χ2n) is 7.34. The standard InChI is InChI=1S/C22H23N5O2/c23-21(26-12-8-22(9-13-26)28-14-15-29-22)19-16-20(17-6-10-24-11-7-17)27(25-19)18-4-2-1-3-5-18/h1-7,10-11,16,23H,8-9,12-15H2. The zero-order chi connectivity index (χ0) is 19.7. The van der Waals surface area contributed by atoms with Crippen molar-refractivity contribution in [1.29, 1.82) is 5.41 Å². The lowest BCUT2D eigenvalue weighted by molar-refractivity contribution is -0.180. The lowest BCUT2D eigenvalue weighted by Crippen LogP contribution is -2.47. The average molecular weight is 389 g/mol. The Labute approximate surface area is 169 Å². The van der Waals surface area contributed by atoms with Gasteiger partial charge in [-0.2, -0.15) is 5.10 Å². The van der Waals surface area contributed by atoms with Gasteiger partial charge in [0.05, 0.1) is 24.6 Å². The summed E-state index contributed by atoms with van der Waals surface area (Å²) in [5, 5.41) is 13.6. The van der Waals surface area contributed by atoms with E-state index in [0.29, 0.717) is 24.7 Å². The van der Waals surface area contributed by atoms with Crippen LogP contribution in [-0.4, -0.2) is 57.6 Å². The van der Waals surface area contributed by atoms with Gasteiger partial charge in [-0.25, -0.2) is 4.68 Å². The fourth-order valence-electron chi connectivity index (χ4n) is 4.01. The van der Waals surface area contributed by atoms with Crippen molar-refractivity contribution in [1.82, 2.24) is 19.7 Å². The first-order chi connectivity index (χ1) is 14.2. The van der Waals surface area contributed by atoms with Gasteiger partial charge >= 0.3 is 0 Å². The van der Waals surface area contributed by atoms with Crippen molar-refractivity contribution in [2.75, 3.05) is 26.3 Å². The van der Waals surface area contributed by atoms with Gasteiger partial charge in [0.1, 0.15) is 11.5 Å².